The molecule has 0 radical (unpaired) electrons. The third-order valence-corrected chi connectivity index (χ3v) is 5.40. The van der Waals surface area contributed by atoms with Crippen molar-refractivity contribution in [2.75, 3.05) is 0 Å². The Labute approximate surface area is 189 Å². The molecule has 0 heterocycles. The van der Waals surface area contributed by atoms with Crippen LogP contribution in [0.2, 0.25) is 0 Å². The van der Waals surface area contributed by atoms with E-state index in [0.29, 0.717) is 0 Å². The van der Waals surface area contributed by atoms with Crippen molar-refractivity contribution < 1.29 is 0 Å². The maximum absolute atomic E-state index is 2.43. The van der Waals surface area contributed by atoms with Crippen molar-refractivity contribution in [1.29, 1.82) is 0 Å². The van der Waals surface area contributed by atoms with Gasteiger partial charge in [0.15, 0.2) is 0 Å². The summed E-state index contributed by atoms with van der Waals surface area (Å²) in [5.74, 6) is 0. The van der Waals surface area contributed by atoms with Crippen molar-refractivity contribution in [3.05, 3.63) is 69.9 Å². The maximum Gasteiger partial charge on any atom is -0.0288 e. The molecule has 0 bridgehead atoms. The number of allylic oxidation sites excluding steroid dienone is 12. The third-order valence-electron chi connectivity index (χ3n) is 5.40. The molecule has 0 rings (SSSR count). The molecule has 0 aromatic heterocycles. The molecule has 0 heteroatoms. The van der Waals surface area contributed by atoms with Gasteiger partial charge >= 0.3 is 0 Å². The lowest BCUT2D eigenvalue weighted by molar-refractivity contribution is 0.896. The van der Waals surface area contributed by atoms with E-state index in [2.05, 4.69) is 91.8 Å². The highest BCUT2D eigenvalue weighted by molar-refractivity contribution is 5.08. The Morgan fingerprint density at radius 2 is 0.567 bits per heavy atom. The molecule has 0 aliphatic carbocycles. The van der Waals surface area contributed by atoms with Crippen LogP contribution in [0.3, 0.4) is 0 Å². The highest BCUT2D eigenvalue weighted by Gasteiger charge is 1.94. The SMILES string of the molecule is CC(C)=CCC/C(C)=C/CC/C(C)=C\CC/C=C(\C)CC/C=C(\C)CCC=C(C)C. The Morgan fingerprint density at radius 1 is 0.333 bits per heavy atom. The van der Waals surface area contributed by atoms with Gasteiger partial charge in [-0.3, -0.25) is 0 Å². The zero-order valence-electron chi connectivity index (χ0n) is 21.5. The van der Waals surface area contributed by atoms with Crippen LogP contribution in [0.1, 0.15) is 120 Å². The van der Waals surface area contributed by atoms with Crippen LogP contribution >= 0.6 is 0 Å². The first-order valence-electron chi connectivity index (χ1n) is 12.1. The van der Waals surface area contributed by atoms with Gasteiger partial charge in [-0.15, -0.1) is 0 Å². The molecular weight excluding hydrogens is 360 g/mol. The molecule has 170 valence electrons. The van der Waals surface area contributed by atoms with E-state index in [-0.39, 0.29) is 0 Å². The Bertz CT molecular complexity index is 578. The van der Waals surface area contributed by atoms with Gasteiger partial charge in [0.1, 0.15) is 0 Å². The second kappa shape index (κ2) is 18.2. The zero-order valence-corrected chi connectivity index (χ0v) is 21.5. The molecule has 0 saturated carbocycles. The average Bonchev–Trinajstić information content (AvgIpc) is 2.64. The van der Waals surface area contributed by atoms with Crippen molar-refractivity contribution >= 4 is 0 Å². The van der Waals surface area contributed by atoms with Gasteiger partial charge in [-0.2, -0.15) is 0 Å². The Hall–Kier alpha value is -1.56. The van der Waals surface area contributed by atoms with Gasteiger partial charge < -0.3 is 0 Å². The number of unbranched alkanes of at least 4 members (excludes halogenated alkanes) is 1. The second-order valence-electron chi connectivity index (χ2n) is 9.50. The first-order chi connectivity index (χ1) is 14.2. The van der Waals surface area contributed by atoms with Gasteiger partial charge in [0.2, 0.25) is 0 Å². The van der Waals surface area contributed by atoms with Crippen LogP contribution in [-0.2, 0) is 0 Å². The minimum absolute atomic E-state index is 1.17. The molecule has 0 aliphatic heterocycles. The second-order valence-corrected chi connectivity index (χ2v) is 9.50. The Balaban J connectivity index is 4.05. The van der Waals surface area contributed by atoms with Gasteiger partial charge in [0.05, 0.1) is 0 Å². The highest BCUT2D eigenvalue weighted by atomic mass is 14.0. The van der Waals surface area contributed by atoms with Gasteiger partial charge in [-0.25, -0.2) is 0 Å². The molecule has 0 amide bonds. The Kier molecular flexibility index (Phi) is 17.3. The largest absolute Gasteiger partial charge is 0.0856 e. The summed E-state index contributed by atoms with van der Waals surface area (Å²) < 4.78 is 0. The molecule has 0 fully saturated rings. The molecule has 0 N–H and O–H groups in total. The van der Waals surface area contributed by atoms with E-state index < -0.39 is 0 Å². The van der Waals surface area contributed by atoms with Gasteiger partial charge in [0, 0.05) is 0 Å². The zero-order chi connectivity index (χ0) is 22.8. The van der Waals surface area contributed by atoms with E-state index in [1.54, 1.807) is 0 Å². The van der Waals surface area contributed by atoms with Crippen LogP contribution in [0.5, 0.6) is 0 Å². The molecule has 0 spiro atoms. The topological polar surface area (TPSA) is 0 Å². The molecule has 0 atom stereocenters. The molecule has 0 aliphatic rings. The summed E-state index contributed by atoms with van der Waals surface area (Å²) in [6.07, 6.45) is 26.2. The van der Waals surface area contributed by atoms with Crippen LogP contribution in [0.15, 0.2) is 69.9 Å². The Morgan fingerprint density at radius 3 is 0.833 bits per heavy atom. The molecule has 0 aromatic carbocycles. The van der Waals surface area contributed by atoms with Crippen LogP contribution in [-0.4, -0.2) is 0 Å². The average molecular weight is 411 g/mol. The fourth-order valence-electron chi connectivity index (χ4n) is 3.34. The normalized spacial score (nSPS) is 13.5. The van der Waals surface area contributed by atoms with Crippen LogP contribution in [0, 0.1) is 0 Å². The summed E-state index contributed by atoms with van der Waals surface area (Å²) in [5, 5.41) is 0. The summed E-state index contributed by atoms with van der Waals surface area (Å²) in [7, 11) is 0. The monoisotopic (exact) mass is 410 g/mol. The molecular formula is C30H50. The van der Waals surface area contributed by atoms with E-state index in [9.17, 15) is 0 Å². The number of hydrogen-bond acceptors (Lipinski definition) is 0. The lowest BCUT2D eigenvalue weighted by atomic mass is 10.0. The summed E-state index contributed by atoms with van der Waals surface area (Å²) in [6.45, 7) is 17.8. The minimum Gasteiger partial charge on any atom is -0.0856 e. The van der Waals surface area contributed by atoms with E-state index in [1.807, 2.05) is 0 Å². The molecule has 0 unspecified atom stereocenters. The van der Waals surface area contributed by atoms with Crippen molar-refractivity contribution in [3.8, 4) is 0 Å². The van der Waals surface area contributed by atoms with Crippen LogP contribution in [0.4, 0.5) is 0 Å². The smallest absolute Gasteiger partial charge is 0.0288 e. The molecule has 30 heavy (non-hydrogen) atoms. The van der Waals surface area contributed by atoms with Crippen molar-refractivity contribution in [2.24, 2.45) is 0 Å². The fraction of sp³-hybridized carbons (Fsp3) is 0.600. The predicted octanol–water partition coefficient (Wildman–Crippen LogP) is 10.6. The number of hydrogen-bond donors (Lipinski definition) is 0. The number of rotatable bonds is 15. The lowest BCUT2D eigenvalue weighted by Gasteiger charge is -2.02. The summed E-state index contributed by atoms with van der Waals surface area (Å²) in [6, 6.07) is 0. The summed E-state index contributed by atoms with van der Waals surface area (Å²) in [4.78, 5) is 0. The van der Waals surface area contributed by atoms with E-state index in [4.69, 9.17) is 0 Å². The van der Waals surface area contributed by atoms with Crippen LogP contribution < -0.4 is 0 Å². The van der Waals surface area contributed by atoms with E-state index in [0.717, 1.165) is 0 Å². The van der Waals surface area contributed by atoms with E-state index >= 15 is 0 Å². The van der Waals surface area contributed by atoms with E-state index in [1.165, 1.54) is 97.6 Å². The third kappa shape index (κ3) is 19.7. The molecule has 0 aromatic rings. The molecule has 0 nitrogen and oxygen atoms in total. The molecule has 0 saturated heterocycles. The van der Waals surface area contributed by atoms with Gasteiger partial charge in [-0.05, 0) is 120 Å². The maximum atomic E-state index is 2.43. The minimum atomic E-state index is 1.17. The van der Waals surface area contributed by atoms with Gasteiger partial charge in [-0.1, -0.05) is 69.9 Å². The first-order valence-corrected chi connectivity index (χ1v) is 12.1. The van der Waals surface area contributed by atoms with Crippen molar-refractivity contribution in [3.63, 3.8) is 0 Å². The first kappa shape index (κ1) is 28.4. The summed E-state index contributed by atoms with van der Waals surface area (Å²) >= 11 is 0. The predicted molar refractivity (Wildman–Crippen MR) is 140 cm³/mol. The summed E-state index contributed by atoms with van der Waals surface area (Å²) in [5.41, 5.74) is 8.97. The fourth-order valence-corrected chi connectivity index (χ4v) is 3.34. The van der Waals surface area contributed by atoms with Crippen molar-refractivity contribution in [1.82, 2.24) is 0 Å². The highest BCUT2D eigenvalue weighted by Crippen LogP contribution is 2.14. The van der Waals surface area contributed by atoms with Crippen molar-refractivity contribution in [2.45, 2.75) is 120 Å². The standard InChI is InChI=1S/C30H50/c1-25(2)15-11-19-29(7)23-13-21-27(5)17-9-10-18-28(6)22-14-24-30(8)20-12-16-26(3)4/h15-18,23-24H,9-14,19-22H2,1-8H3/b27-17-,28-18+,29-23+,30-24+. The quantitative estimate of drug-likeness (QED) is 0.186. The van der Waals surface area contributed by atoms with Crippen LogP contribution in [0.25, 0.3) is 0 Å². The van der Waals surface area contributed by atoms with Gasteiger partial charge in [0.25, 0.3) is 0 Å². The lowest BCUT2D eigenvalue weighted by Crippen LogP contribution is -1.82.